The van der Waals surface area contributed by atoms with Crippen molar-refractivity contribution in [2.24, 2.45) is 5.16 Å². The Bertz CT molecular complexity index is 968. The number of hydrogen-bond donors (Lipinski definition) is 2. The van der Waals surface area contributed by atoms with Crippen LogP contribution in [0.3, 0.4) is 0 Å². The van der Waals surface area contributed by atoms with Crippen molar-refractivity contribution >= 4 is 40.5 Å². The van der Waals surface area contributed by atoms with Crippen LogP contribution in [-0.2, 0) is 16.0 Å². The molecule has 2 aliphatic heterocycles. The first-order valence-electron chi connectivity index (χ1n) is 8.57. The van der Waals surface area contributed by atoms with Gasteiger partial charge in [0.2, 0.25) is 0 Å². The highest BCUT2D eigenvalue weighted by atomic mass is 35.5. The van der Waals surface area contributed by atoms with Gasteiger partial charge in [0.05, 0.1) is 20.8 Å². The van der Waals surface area contributed by atoms with E-state index < -0.39 is 23.8 Å². The summed E-state index contributed by atoms with van der Waals surface area (Å²) in [6.07, 6.45) is -5.35. The lowest BCUT2D eigenvalue weighted by molar-refractivity contribution is -0.275. The fourth-order valence-electron chi connectivity index (χ4n) is 3.39. The number of halogens is 6. The molecule has 0 bridgehead atoms. The second kappa shape index (κ2) is 7.03. The van der Waals surface area contributed by atoms with Gasteiger partial charge in [0.15, 0.2) is 0 Å². The van der Waals surface area contributed by atoms with Gasteiger partial charge in [-0.2, -0.15) is 13.2 Å². The Morgan fingerprint density at radius 2 is 1.59 bits per heavy atom. The van der Waals surface area contributed by atoms with Crippen molar-refractivity contribution in [3.8, 4) is 0 Å². The number of nitrogens with zero attached hydrogens (tertiary/aromatic N) is 1. The second-order valence-corrected chi connectivity index (χ2v) is 8.29. The monoisotopic (exact) mass is 464 g/mol. The van der Waals surface area contributed by atoms with Gasteiger partial charge in [-0.3, -0.25) is 0 Å². The van der Waals surface area contributed by atoms with Gasteiger partial charge in [0.25, 0.3) is 5.60 Å². The lowest BCUT2D eigenvalue weighted by atomic mass is 9.85. The van der Waals surface area contributed by atoms with Gasteiger partial charge in [-0.25, -0.2) is 0 Å². The maximum absolute atomic E-state index is 14.1. The molecule has 154 valence electrons. The molecule has 2 heterocycles. The summed E-state index contributed by atoms with van der Waals surface area (Å²) < 4.78 is 42.2. The number of alkyl halides is 3. The lowest BCUT2D eigenvalue weighted by Crippen LogP contribution is -2.56. The molecule has 1 atom stereocenters. The molecule has 4 nitrogen and oxygen atoms in total. The molecule has 10 heteroatoms. The fourth-order valence-corrected chi connectivity index (χ4v) is 3.98. The predicted octanol–water partition coefficient (Wildman–Crippen LogP) is 5.02. The molecule has 0 radical (unpaired) electrons. The minimum absolute atomic E-state index is 0.0347. The number of hydrogen-bond acceptors (Lipinski definition) is 4. The van der Waals surface area contributed by atoms with E-state index >= 15 is 0 Å². The van der Waals surface area contributed by atoms with Crippen molar-refractivity contribution in [3.05, 3.63) is 68.2 Å². The van der Waals surface area contributed by atoms with Gasteiger partial charge < -0.3 is 15.3 Å². The van der Waals surface area contributed by atoms with E-state index in [1.165, 1.54) is 0 Å². The van der Waals surface area contributed by atoms with Crippen LogP contribution in [0.2, 0.25) is 15.1 Å². The average molecular weight is 466 g/mol. The molecule has 0 saturated carbocycles. The molecule has 1 saturated heterocycles. The van der Waals surface area contributed by atoms with Crippen LogP contribution >= 0.6 is 34.8 Å². The zero-order chi connectivity index (χ0) is 21.0. The topological polar surface area (TPSA) is 53.9 Å². The second-order valence-electron chi connectivity index (χ2n) is 7.10. The number of benzene rings is 2. The molecular formula is C19H14Cl3F3N2O2. The quantitative estimate of drug-likeness (QED) is 0.626. The third kappa shape index (κ3) is 3.39. The first kappa shape index (κ1) is 20.8. The Labute approximate surface area is 179 Å². The summed E-state index contributed by atoms with van der Waals surface area (Å²) >= 11 is 17.7. The van der Waals surface area contributed by atoms with Crippen LogP contribution in [0.25, 0.3) is 0 Å². The van der Waals surface area contributed by atoms with Gasteiger partial charge in [0, 0.05) is 25.1 Å². The summed E-state index contributed by atoms with van der Waals surface area (Å²) in [6, 6.07) is 8.74. The van der Waals surface area contributed by atoms with Crippen LogP contribution in [0.5, 0.6) is 0 Å². The Morgan fingerprint density at radius 3 is 2.07 bits per heavy atom. The van der Waals surface area contributed by atoms with Gasteiger partial charge in [-0.1, -0.05) is 64.2 Å². The highest BCUT2D eigenvalue weighted by Crippen LogP contribution is 2.50. The van der Waals surface area contributed by atoms with Gasteiger partial charge in [0.1, 0.15) is 5.60 Å². The molecule has 1 unspecified atom stereocenters. The number of rotatable bonds is 3. The predicted molar refractivity (Wildman–Crippen MR) is 105 cm³/mol. The van der Waals surface area contributed by atoms with Gasteiger partial charge in [-0.05, 0) is 23.3 Å². The van der Waals surface area contributed by atoms with Crippen molar-refractivity contribution in [1.29, 1.82) is 0 Å². The van der Waals surface area contributed by atoms with Crippen molar-refractivity contribution in [2.75, 3.05) is 13.1 Å². The number of aliphatic hydroxyl groups is 1. The number of β-amino-alcohol motifs (C(OH)–C–C–N with tert-alkyl or cyclic N) is 1. The first-order valence-corrected chi connectivity index (χ1v) is 9.70. The summed E-state index contributed by atoms with van der Waals surface area (Å²) in [7, 11) is 0. The smallest absolute Gasteiger partial charge is 0.382 e. The summed E-state index contributed by atoms with van der Waals surface area (Å²) in [6.45, 7) is 0.845. The molecule has 4 rings (SSSR count). The van der Waals surface area contributed by atoms with Crippen LogP contribution in [0.15, 0.2) is 41.6 Å². The molecule has 0 aliphatic carbocycles. The van der Waals surface area contributed by atoms with Crippen LogP contribution in [0.4, 0.5) is 13.2 Å². The highest BCUT2D eigenvalue weighted by molar-refractivity contribution is 6.48. The highest BCUT2D eigenvalue weighted by Gasteiger charge is 2.62. The van der Waals surface area contributed by atoms with Gasteiger partial charge >= 0.3 is 6.18 Å². The summed E-state index contributed by atoms with van der Waals surface area (Å²) in [5.41, 5.74) is -2.71. The maximum Gasteiger partial charge on any atom is 0.435 e. The zero-order valence-electron chi connectivity index (χ0n) is 14.7. The van der Waals surface area contributed by atoms with E-state index in [1.807, 2.05) is 0 Å². The van der Waals surface area contributed by atoms with Crippen molar-refractivity contribution in [2.45, 2.75) is 23.8 Å². The Hall–Kier alpha value is -1.51. The Morgan fingerprint density at radius 1 is 1.00 bits per heavy atom. The van der Waals surface area contributed by atoms with Crippen molar-refractivity contribution in [1.82, 2.24) is 5.32 Å². The SMILES string of the molecule is OC1(c2ccc(C3=NOC(c4cc(Cl)c(Cl)c(Cl)c4)(C(F)(F)F)C3)cc2)CNC1. The van der Waals surface area contributed by atoms with Crippen LogP contribution in [-0.4, -0.2) is 30.1 Å². The summed E-state index contributed by atoms with van der Waals surface area (Å²) in [4.78, 5) is 4.98. The molecule has 0 spiro atoms. The van der Waals surface area contributed by atoms with Crippen LogP contribution < -0.4 is 5.32 Å². The normalized spacial score (nSPS) is 23.3. The van der Waals surface area contributed by atoms with E-state index in [9.17, 15) is 18.3 Å². The Kier molecular flexibility index (Phi) is 5.03. The lowest BCUT2D eigenvalue weighted by Gasteiger charge is -2.38. The maximum atomic E-state index is 14.1. The molecule has 2 aromatic carbocycles. The molecule has 2 N–H and O–H groups in total. The third-order valence-corrected chi connectivity index (χ3v) is 6.42. The molecule has 1 fully saturated rings. The van der Waals surface area contributed by atoms with E-state index in [0.717, 1.165) is 12.1 Å². The standard InChI is InChI=1S/C19H14Cl3F3N2O2/c20-13-5-12(6-14(21)16(13)22)18(19(23,24)25)7-15(27-29-18)10-1-3-11(4-2-10)17(28)8-26-9-17/h1-6,26,28H,7-9H2. The third-order valence-electron chi connectivity index (χ3n) is 5.23. The first-order chi connectivity index (χ1) is 13.6. The fraction of sp³-hybridized carbons (Fsp3) is 0.316. The van der Waals surface area contributed by atoms with Crippen molar-refractivity contribution in [3.63, 3.8) is 0 Å². The molecule has 2 aliphatic rings. The molecular weight excluding hydrogens is 452 g/mol. The zero-order valence-corrected chi connectivity index (χ0v) is 16.9. The van der Waals surface area contributed by atoms with Crippen LogP contribution in [0.1, 0.15) is 23.1 Å². The van der Waals surface area contributed by atoms with Crippen molar-refractivity contribution < 1.29 is 23.1 Å². The van der Waals surface area contributed by atoms with E-state index in [0.29, 0.717) is 24.2 Å². The molecule has 0 aromatic heterocycles. The average Bonchev–Trinajstić information content (AvgIpc) is 3.11. The minimum atomic E-state index is -4.79. The van der Waals surface area contributed by atoms with Gasteiger partial charge in [-0.15, -0.1) is 0 Å². The molecule has 2 aromatic rings. The molecule has 0 amide bonds. The minimum Gasteiger partial charge on any atom is -0.382 e. The summed E-state index contributed by atoms with van der Waals surface area (Å²) in [5.74, 6) is 0. The summed E-state index contributed by atoms with van der Waals surface area (Å²) in [5, 5.41) is 16.8. The number of nitrogens with one attached hydrogen (secondary N) is 1. The Balaban J connectivity index is 1.67. The number of oxime groups is 1. The van der Waals surface area contributed by atoms with E-state index in [-0.39, 0.29) is 26.3 Å². The molecule has 29 heavy (non-hydrogen) atoms. The van der Waals surface area contributed by atoms with E-state index in [2.05, 4.69) is 10.5 Å². The van der Waals surface area contributed by atoms with E-state index in [4.69, 9.17) is 39.6 Å². The van der Waals surface area contributed by atoms with Crippen LogP contribution in [0, 0.1) is 0 Å². The van der Waals surface area contributed by atoms with E-state index in [1.54, 1.807) is 24.3 Å². The largest absolute Gasteiger partial charge is 0.435 e.